The number of nitrogen functional groups attached to an aromatic ring is 1. The van der Waals surface area contributed by atoms with Gasteiger partial charge in [0.2, 0.25) is 5.95 Å². The van der Waals surface area contributed by atoms with Crippen molar-refractivity contribution in [3.05, 3.63) is 6.07 Å². The molecule has 106 valence electrons. The summed E-state index contributed by atoms with van der Waals surface area (Å²) in [5, 5.41) is 13.2. The lowest BCUT2D eigenvalue weighted by Gasteiger charge is -2.36. The fourth-order valence-electron chi connectivity index (χ4n) is 2.18. The lowest BCUT2D eigenvalue weighted by Crippen LogP contribution is -2.42. The summed E-state index contributed by atoms with van der Waals surface area (Å²) in [4.78, 5) is 10.6. The summed E-state index contributed by atoms with van der Waals surface area (Å²) in [5.74, 6) is 1.89. The van der Waals surface area contributed by atoms with Crippen molar-refractivity contribution in [3.63, 3.8) is 0 Å². The van der Waals surface area contributed by atoms with Crippen LogP contribution >= 0.6 is 0 Å². The van der Waals surface area contributed by atoms with Gasteiger partial charge in [-0.15, -0.1) is 0 Å². The van der Waals surface area contributed by atoms with Gasteiger partial charge in [0, 0.05) is 25.7 Å². The number of hydrogen-bond acceptors (Lipinski definition) is 6. The van der Waals surface area contributed by atoms with Crippen LogP contribution in [-0.4, -0.2) is 40.3 Å². The fraction of sp³-hybridized carbons (Fsp3) is 0.692. The van der Waals surface area contributed by atoms with Gasteiger partial charge in [-0.25, -0.2) is 0 Å². The normalized spacial score (nSPS) is 18.4. The molecule has 0 unspecified atom stereocenters. The summed E-state index contributed by atoms with van der Waals surface area (Å²) in [6, 6.07) is 1.92. The molecule has 2 heterocycles. The lowest BCUT2D eigenvalue weighted by atomic mass is 9.94. The van der Waals surface area contributed by atoms with Crippen LogP contribution < -0.4 is 16.0 Å². The first-order chi connectivity index (χ1) is 9.00. The van der Waals surface area contributed by atoms with E-state index >= 15 is 0 Å². The summed E-state index contributed by atoms with van der Waals surface area (Å²) < 4.78 is 0. The van der Waals surface area contributed by atoms with E-state index in [9.17, 15) is 5.11 Å². The van der Waals surface area contributed by atoms with Crippen LogP contribution in [0.2, 0.25) is 0 Å². The molecule has 1 aliphatic rings. The molecule has 1 aliphatic heterocycles. The van der Waals surface area contributed by atoms with E-state index in [4.69, 9.17) is 5.73 Å². The number of nitrogens with zero attached hydrogens (tertiary/aromatic N) is 3. The van der Waals surface area contributed by atoms with Gasteiger partial charge >= 0.3 is 0 Å². The number of rotatable bonds is 4. The average Bonchev–Trinajstić information content (AvgIpc) is 2.35. The maximum absolute atomic E-state index is 9.97. The third-order valence-electron chi connectivity index (χ3n) is 3.45. The Kier molecular flexibility index (Phi) is 4.09. The Morgan fingerprint density at radius 1 is 1.42 bits per heavy atom. The molecule has 19 heavy (non-hydrogen) atoms. The van der Waals surface area contributed by atoms with Crippen molar-refractivity contribution in [3.8, 4) is 0 Å². The summed E-state index contributed by atoms with van der Waals surface area (Å²) in [6.45, 7) is 6.43. The molecule has 2 rings (SSSR count). The molecule has 1 aromatic rings. The van der Waals surface area contributed by atoms with Crippen LogP contribution in [0.15, 0.2) is 6.07 Å². The van der Waals surface area contributed by atoms with Crippen molar-refractivity contribution >= 4 is 17.6 Å². The van der Waals surface area contributed by atoms with Gasteiger partial charge in [0.25, 0.3) is 0 Å². The summed E-state index contributed by atoms with van der Waals surface area (Å²) in [6.07, 6.45) is 2.52. The second kappa shape index (κ2) is 5.61. The van der Waals surface area contributed by atoms with E-state index in [-0.39, 0.29) is 5.95 Å². The Morgan fingerprint density at radius 2 is 2.11 bits per heavy atom. The van der Waals surface area contributed by atoms with E-state index in [1.807, 2.05) is 13.0 Å². The van der Waals surface area contributed by atoms with Gasteiger partial charge in [-0.05, 0) is 26.2 Å². The maximum Gasteiger partial charge on any atom is 0.223 e. The van der Waals surface area contributed by atoms with Gasteiger partial charge in [-0.2, -0.15) is 9.97 Å². The van der Waals surface area contributed by atoms with Crippen LogP contribution in [0.5, 0.6) is 0 Å². The highest BCUT2D eigenvalue weighted by atomic mass is 16.3. The Morgan fingerprint density at radius 3 is 2.74 bits per heavy atom. The molecule has 1 saturated heterocycles. The Hall–Kier alpha value is -1.56. The minimum Gasteiger partial charge on any atom is -0.390 e. The molecular weight excluding hydrogens is 242 g/mol. The van der Waals surface area contributed by atoms with Crippen LogP contribution in [-0.2, 0) is 0 Å². The monoisotopic (exact) mass is 265 g/mol. The van der Waals surface area contributed by atoms with Gasteiger partial charge in [-0.1, -0.05) is 6.92 Å². The Labute approximate surface area is 114 Å². The Bertz CT molecular complexity index is 425. The van der Waals surface area contributed by atoms with Gasteiger partial charge < -0.3 is 21.1 Å². The highest BCUT2D eigenvalue weighted by molar-refractivity contribution is 5.52. The molecule has 1 aromatic heterocycles. The summed E-state index contributed by atoms with van der Waals surface area (Å²) in [7, 11) is 0. The molecule has 4 N–H and O–H groups in total. The molecule has 6 nitrogen and oxygen atoms in total. The molecule has 0 bridgehead atoms. The van der Waals surface area contributed by atoms with E-state index in [2.05, 4.69) is 27.1 Å². The van der Waals surface area contributed by atoms with E-state index in [0.29, 0.717) is 0 Å². The first kappa shape index (κ1) is 13.9. The molecule has 1 fully saturated rings. The number of anilines is 3. The molecule has 0 amide bonds. The van der Waals surface area contributed by atoms with E-state index in [1.165, 1.54) is 0 Å². The van der Waals surface area contributed by atoms with Crippen molar-refractivity contribution in [2.45, 2.75) is 38.7 Å². The van der Waals surface area contributed by atoms with Crippen molar-refractivity contribution in [2.24, 2.45) is 0 Å². The number of hydrogen-bond donors (Lipinski definition) is 3. The zero-order valence-corrected chi connectivity index (χ0v) is 11.7. The Balaban J connectivity index is 2.09. The van der Waals surface area contributed by atoms with Crippen molar-refractivity contribution in [1.29, 1.82) is 0 Å². The van der Waals surface area contributed by atoms with Gasteiger partial charge in [0.05, 0.1) is 5.60 Å². The van der Waals surface area contributed by atoms with E-state index in [0.717, 1.165) is 50.5 Å². The maximum atomic E-state index is 9.97. The highest BCUT2D eigenvalue weighted by Gasteiger charge is 2.28. The second-order valence-corrected chi connectivity index (χ2v) is 5.38. The third kappa shape index (κ3) is 3.70. The van der Waals surface area contributed by atoms with Crippen LogP contribution in [0, 0.1) is 0 Å². The number of nitrogens with two attached hydrogens (primary N) is 1. The average molecular weight is 265 g/mol. The third-order valence-corrected chi connectivity index (χ3v) is 3.45. The molecule has 0 aliphatic carbocycles. The minimum atomic E-state index is -0.557. The molecule has 0 atom stereocenters. The van der Waals surface area contributed by atoms with Crippen LogP contribution in [0.3, 0.4) is 0 Å². The standard InChI is InChI=1S/C13H23N5O/c1-3-6-15-10-9-11(17-12(14)16-10)18-7-4-13(2,19)5-8-18/h9,19H,3-8H2,1-2H3,(H3,14,15,16,17). The van der Waals surface area contributed by atoms with Crippen LogP contribution in [0.1, 0.15) is 33.1 Å². The lowest BCUT2D eigenvalue weighted by molar-refractivity contribution is 0.0350. The van der Waals surface area contributed by atoms with Crippen molar-refractivity contribution in [1.82, 2.24) is 9.97 Å². The largest absolute Gasteiger partial charge is 0.390 e. The van der Waals surface area contributed by atoms with E-state index < -0.39 is 5.60 Å². The fourth-order valence-corrected chi connectivity index (χ4v) is 2.18. The van der Waals surface area contributed by atoms with E-state index in [1.54, 1.807) is 0 Å². The molecule has 0 spiro atoms. The van der Waals surface area contributed by atoms with Gasteiger partial charge in [0.15, 0.2) is 0 Å². The van der Waals surface area contributed by atoms with Gasteiger partial charge in [0.1, 0.15) is 11.6 Å². The molecule has 0 radical (unpaired) electrons. The van der Waals surface area contributed by atoms with Crippen molar-refractivity contribution < 1.29 is 5.11 Å². The second-order valence-electron chi connectivity index (χ2n) is 5.38. The molecule has 6 heteroatoms. The van der Waals surface area contributed by atoms with Crippen LogP contribution in [0.4, 0.5) is 17.6 Å². The molecular formula is C13H23N5O. The predicted molar refractivity (Wildman–Crippen MR) is 77.3 cm³/mol. The number of aliphatic hydroxyl groups is 1. The zero-order valence-electron chi connectivity index (χ0n) is 11.7. The minimum absolute atomic E-state index is 0.286. The molecule has 0 saturated carbocycles. The summed E-state index contributed by atoms with van der Waals surface area (Å²) in [5.41, 5.74) is 5.20. The number of aromatic nitrogens is 2. The molecule has 0 aromatic carbocycles. The van der Waals surface area contributed by atoms with Crippen molar-refractivity contribution in [2.75, 3.05) is 35.6 Å². The predicted octanol–water partition coefficient (Wildman–Crippen LogP) is 1.23. The first-order valence-corrected chi connectivity index (χ1v) is 6.86. The first-order valence-electron chi connectivity index (χ1n) is 6.86. The van der Waals surface area contributed by atoms with Crippen LogP contribution in [0.25, 0.3) is 0 Å². The summed E-state index contributed by atoms with van der Waals surface area (Å²) >= 11 is 0. The SMILES string of the molecule is CCCNc1cc(N2CCC(C)(O)CC2)nc(N)n1. The quantitative estimate of drug-likeness (QED) is 0.759. The highest BCUT2D eigenvalue weighted by Crippen LogP contribution is 2.26. The van der Waals surface area contributed by atoms with Gasteiger partial charge in [-0.3, -0.25) is 0 Å². The zero-order chi connectivity index (χ0) is 13.9. The smallest absolute Gasteiger partial charge is 0.223 e. The number of piperidine rings is 1. The topological polar surface area (TPSA) is 87.3 Å². The number of nitrogens with one attached hydrogen (secondary N) is 1.